The number of aryl methyl sites for hydroxylation is 2. The molecule has 1 heterocycles. The van der Waals surface area contributed by atoms with Crippen molar-refractivity contribution in [1.82, 2.24) is 9.78 Å². The molecule has 0 radical (unpaired) electrons. The average Bonchev–Trinajstić information content (AvgIpc) is 2.73. The minimum atomic E-state index is 0.107. The van der Waals surface area contributed by atoms with E-state index in [4.69, 9.17) is 0 Å². The lowest BCUT2D eigenvalue weighted by Crippen LogP contribution is -2.09. The molecule has 2 aromatic carbocycles. The average molecular weight is 343 g/mol. The van der Waals surface area contributed by atoms with Gasteiger partial charge in [0.2, 0.25) is 0 Å². The van der Waals surface area contributed by atoms with Gasteiger partial charge in [0, 0.05) is 12.6 Å². The molecular weight excluding hydrogens is 328 g/mol. The van der Waals surface area contributed by atoms with Crippen molar-refractivity contribution in [3.8, 4) is 0 Å². The minimum absolute atomic E-state index is 0.107. The maximum Gasteiger partial charge on any atom is 0.169 e. The Kier molecular flexibility index (Phi) is 3.64. The zero-order chi connectivity index (χ0) is 15.0. The number of ketones is 1. The highest BCUT2D eigenvalue weighted by Crippen LogP contribution is 2.24. The summed E-state index contributed by atoms with van der Waals surface area (Å²) in [5.74, 6) is 0.107. The van der Waals surface area contributed by atoms with E-state index in [-0.39, 0.29) is 5.78 Å². The fourth-order valence-corrected chi connectivity index (χ4v) is 3.06. The predicted octanol–water partition coefficient (Wildman–Crippen LogP) is 4.07. The molecular formula is C17H15BrN2O. The molecule has 0 spiro atoms. The predicted molar refractivity (Wildman–Crippen MR) is 87.6 cm³/mol. The molecule has 106 valence electrons. The zero-order valence-corrected chi connectivity index (χ0v) is 13.5. The highest BCUT2D eigenvalue weighted by atomic mass is 79.9. The molecule has 0 unspecified atom stereocenters. The lowest BCUT2D eigenvalue weighted by molar-refractivity contribution is 0.0992. The number of aromatic nitrogens is 2. The summed E-state index contributed by atoms with van der Waals surface area (Å²) in [7, 11) is 1.86. The third-order valence-corrected chi connectivity index (χ3v) is 4.71. The van der Waals surface area contributed by atoms with Gasteiger partial charge in [0.15, 0.2) is 5.78 Å². The van der Waals surface area contributed by atoms with E-state index in [1.807, 2.05) is 56.4 Å². The van der Waals surface area contributed by atoms with Crippen molar-refractivity contribution in [2.75, 3.05) is 0 Å². The number of hydrogen-bond donors (Lipinski definition) is 0. The molecule has 3 nitrogen and oxygen atoms in total. The van der Waals surface area contributed by atoms with Crippen LogP contribution in [0.3, 0.4) is 0 Å². The monoisotopic (exact) mass is 342 g/mol. The van der Waals surface area contributed by atoms with E-state index in [1.165, 1.54) is 0 Å². The van der Waals surface area contributed by atoms with Crippen molar-refractivity contribution >= 4 is 32.5 Å². The van der Waals surface area contributed by atoms with Crippen LogP contribution >= 0.6 is 15.9 Å². The molecule has 0 aliphatic carbocycles. The van der Waals surface area contributed by atoms with E-state index in [0.29, 0.717) is 6.42 Å². The van der Waals surface area contributed by atoms with Gasteiger partial charge < -0.3 is 0 Å². The molecule has 0 amide bonds. The Bertz CT molecular complexity index is 831. The molecule has 0 N–H and O–H groups in total. The van der Waals surface area contributed by atoms with Gasteiger partial charge in [-0.05, 0) is 33.6 Å². The Balaban J connectivity index is 2.02. The van der Waals surface area contributed by atoms with Crippen LogP contribution in [0.25, 0.3) is 10.8 Å². The number of nitrogens with zero attached hydrogens (tertiary/aromatic N) is 2. The lowest BCUT2D eigenvalue weighted by Gasteiger charge is -2.06. The van der Waals surface area contributed by atoms with Crippen LogP contribution in [0.4, 0.5) is 0 Å². The van der Waals surface area contributed by atoms with Crippen molar-refractivity contribution in [3.63, 3.8) is 0 Å². The SMILES string of the molecule is Cc1nn(C)c(CC(=O)c2cccc3ccccc23)c1Br. The van der Waals surface area contributed by atoms with E-state index < -0.39 is 0 Å². The Morgan fingerprint density at radius 2 is 1.90 bits per heavy atom. The fraction of sp³-hybridized carbons (Fsp3) is 0.176. The van der Waals surface area contributed by atoms with Gasteiger partial charge in [0.05, 0.1) is 22.3 Å². The molecule has 0 saturated carbocycles. The summed E-state index contributed by atoms with van der Waals surface area (Å²) in [6.45, 7) is 1.93. The van der Waals surface area contributed by atoms with Crippen LogP contribution in [0.2, 0.25) is 0 Å². The summed E-state index contributed by atoms with van der Waals surface area (Å²) in [4.78, 5) is 12.7. The van der Waals surface area contributed by atoms with Gasteiger partial charge >= 0.3 is 0 Å². The van der Waals surface area contributed by atoms with Crippen molar-refractivity contribution < 1.29 is 4.79 Å². The van der Waals surface area contributed by atoms with Gasteiger partial charge in [-0.3, -0.25) is 9.48 Å². The highest BCUT2D eigenvalue weighted by Gasteiger charge is 2.17. The van der Waals surface area contributed by atoms with Crippen LogP contribution < -0.4 is 0 Å². The molecule has 0 aliphatic rings. The second-order valence-corrected chi connectivity index (χ2v) is 5.89. The molecule has 0 atom stereocenters. The van der Waals surface area contributed by atoms with E-state index in [2.05, 4.69) is 21.0 Å². The molecule has 0 saturated heterocycles. The van der Waals surface area contributed by atoms with Gasteiger partial charge in [0.1, 0.15) is 0 Å². The summed E-state index contributed by atoms with van der Waals surface area (Å²) in [6, 6.07) is 13.8. The van der Waals surface area contributed by atoms with E-state index in [9.17, 15) is 4.79 Å². The van der Waals surface area contributed by atoms with Crippen LogP contribution in [0.15, 0.2) is 46.9 Å². The second-order valence-electron chi connectivity index (χ2n) is 5.10. The standard InChI is InChI=1S/C17H15BrN2O/c1-11-17(18)15(20(2)19-11)10-16(21)14-9-5-7-12-6-3-4-8-13(12)14/h3-9H,10H2,1-2H3. The third-order valence-electron chi connectivity index (χ3n) is 3.68. The number of hydrogen-bond acceptors (Lipinski definition) is 2. The number of carbonyl (C=O) groups excluding carboxylic acids is 1. The van der Waals surface area contributed by atoms with Gasteiger partial charge in [-0.2, -0.15) is 5.10 Å². The van der Waals surface area contributed by atoms with Crippen LogP contribution in [0.5, 0.6) is 0 Å². The number of fused-ring (bicyclic) bond motifs is 1. The maximum atomic E-state index is 12.7. The topological polar surface area (TPSA) is 34.9 Å². The first-order valence-electron chi connectivity index (χ1n) is 6.77. The smallest absolute Gasteiger partial charge is 0.169 e. The van der Waals surface area contributed by atoms with Crippen molar-refractivity contribution in [2.45, 2.75) is 13.3 Å². The van der Waals surface area contributed by atoms with Crippen LogP contribution in [-0.4, -0.2) is 15.6 Å². The fourth-order valence-electron chi connectivity index (χ4n) is 2.59. The number of carbonyl (C=O) groups is 1. The normalized spacial score (nSPS) is 11.0. The van der Waals surface area contributed by atoms with Gasteiger partial charge in [0.25, 0.3) is 0 Å². The summed E-state index contributed by atoms with van der Waals surface area (Å²) in [5.41, 5.74) is 2.57. The number of Topliss-reactive ketones (excluding diaryl/α,β-unsaturated/α-hetero) is 1. The molecule has 1 aromatic heterocycles. The molecule has 3 aromatic rings. The Hall–Kier alpha value is -1.94. The first kappa shape index (κ1) is 14.0. The first-order valence-corrected chi connectivity index (χ1v) is 7.56. The molecule has 21 heavy (non-hydrogen) atoms. The third kappa shape index (κ3) is 2.51. The van der Waals surface area contributed by atoms with Gasteiger partial charge in [-0.15, -0.1) is 0 Å². The Morgan fingerprint density at radius 1 is 1.19 bits per heavy atom. The number of halogens is 1. The van der Waals surface area contributed by atoms with E-state index in [0.717, 1.165) is 32.2 Å². The van der Waals surface area contributed by atoms with Crippen molar-refractivity contribution in [2.24, 2.45) is 7.05 Å². The number of rotatable bonds is 3. The highest BCUT2D eigenvalue weighted by molar-refractivity contribution is 9.10. The molecule has 3 rings (SSSR count). The van der Waals surface area contributed by atoms with Crippen LogP contribution in [-0.2, 0) is 13.5 Å². The number of benzene rings is 2. The van der Waals surface area contributed by atoms with Crippen molar-refractivity contribution in [3.05, 3.63) is 63.9 Å². The largest absolute Gasteiger partial charge is 0.294 e. The van der Waals surface area contributed by atoms with Gasteiger partial charge in [-0.1, -0.05) is 42.5 Å². The molecule has 4 heteroatoms. The quantitative estimate of drug-likeness (QED) is 0.672. The van der Waals surface area contributed by atoms with E-state index in [1.54, 1.807) is 4.68 Å². The molecule has 0 bridgehead atoms. The molecule has 0 fully saturated rings. The van der Waals surface area contributed by atoms with Crippen LogP contribution in [0, 0.1) is 6.92 Å². The zero-order valence-electron chi connectivity index (χ0n) is 11.9. The summed E-state index contributed by atoms with van der Waals surface area (Å²) in [6.07, 6.45) is 0.339. The summed E-state index contributed by atoms with van der Waals surface area (Å²) >= 11 is 3.52. The minimum Gasteiger partial charge on any atom is -0.294 e. The first-order chi connectivity index (χ1) is 10.1. The van der Waals surface area contributed by atoms with Crippen LogP contribution in [0.1, 0.15) is 21.7 Å². The molecule has 0 aliphatic heterocycles. The van der Waals surface area contributed by atoms with E-state index >= 15 is 0 Å². The Morgan fingerprint density at radius 3 is 2.62 bits per heavy atom. The summed E-state index contributed by atoms with van der Waals surface area (Å²) in [5, 5.41) is 6.42. The lowest BCUT2D eigenvalue weighted by atomic mass is 9.99. The maximum absolute atomic E-state index is 12.7. The Labute approximate surface area is 131 Å². The summed E-state index contributed by atoms with van der Waals surface area (Å²) < 4.78 is 2.68. The van der Waals surface area contributed by atoms with Crippen molar-refractivity contribution in [1.29, 1.82) is 0 Å². The van der Waals surface area contributed by atoms with Gasteiger partial charge in [-0.25, -0.2) is 0 Å². The second kappa shape index (κ2) is 5.45.